The van der Waals surface area contributed by atoms with Gasteiger partial charge >= 0.3 is 5.97 Å². The van der Waals surface area contributed by atoms with Gasteiger partial charge in [0, 0.05) is 0 Å². The van der Waals surface area contributed by atoms with Crippen LogP contribution < -0.4 is 0 Å². The standard InChI is InChI=1S/C24H36O4Si/c1-10-26-22(25)20-18(3)28-24(7,21(20)19-14-12-11-13-15-19)17(2)16-27-29(8,9)23(4,5)6/h11-15,21H,2,10,16H2,1,3-9H3/t21-,24+/m1/s1. The second-order valence-electron chi connectivity index (χ2n) is 9.40. The summed E-state index contributed by atoms with van der Waals surface area (Å²) in [5.41, 5.74) is 1.61. The second-order valence-corrected chi connectivity index (χ2v) is 14.2. The van der Waals surface area contributed by atoms with Crippen LogP contribution in [-0.2, 0) is 18.7 Å². The molecule has 0 unspecified atom stereocenters. The van der Waals surface area contributed by atoms with Crippen LogP contribution in [0.15, 0.2) is 53.8 Å². The van der Waals surface area contributed by atoms with E-state index in [1.54, 1.807) is 0 Å². The number of allylic oxidation sites excluding steroid dienone is 1. The van der Waals surface area contributed by atoms with Gasteiger partial charge in [0.2, 0.25) is 0 Å². The lowest BCUT2D eigenvalue weighted by Crippen LogP contribution is -2.44. The fourth-order valence-corrected chi connectivity index (χ4v) is 4.38. The van der Waals surface area contributed by atoms with Gasteiger partial charge in [0.1, 0.15) is 11.4 Å². The van der Waals surface area contributed by atoms with Crippen molar-refractivity contribution in [2.45, 2.75) is 71.2 Å². The number of hydrogen-bond donors (Lipinski definition) is 0. The normalized spacial score (nSPS) is 22.4. The molecule has 1 aromatic rings. The Labute approximate surface area is 177 Å². The van der Waals surface area contributed by atoms with Crippen LogP contribution in [0, 0.1) is 0 Å². The van der Waals surface area contributed by atoms with Crippen molar-refractivity contribution in [3.8, 4) is 0 Å². The molecular weight excluding hydrogens is 380 g/mol. The lowest BCUT2D eigenvalue weighted by molar-refractivity contribution is -0.138. The number of esters is 1. The first-order valence-electron chi connectivity index (χ1n) is 10.3. The molecule has 4 nitrogen and oxygen atoms in total. The van der Waals surface area contributed by atoms with Crippen molar-refractivity contribution in [3.63, 3.8) is 0 Å². The summed E-state index contributed by atoms with van der Waals surface area (Å²) >= 11 is 0. The molecule has 0 aliphatic carbocycles. The van der Waals surface area contributed by atoms with Gasteiger partial charge in [0.05, 0.1) is 24.7 Å². The Morgan fingerprint density at radius 3 is 2.34 bits per heavy atom. The van der Waals surface area contributed by atoms with Crippen molar-refractivity contribution < 1.29 is 18.7 Å². The fourth-order valence-electron chi connectivity index (χ4n) is 3.41. The molecule has 160 valence electrons. The van der Waals surface area contributed by atoms with Gasteiger partial charge in [-0.15, -0.1) is 0 Å². The second kappa shape index (κ2) is 8.48. The first-order valence-corrected chi connectivity index (χ1v) is 13.2. The summed E-state index contributed by atoms with van der Waals surface area (Å²) in [6.07, 6.45) is 0. The highest BCUT2D eigenvalue weighted by Gasteiger charge is 2.51. The van der Waals surface area contributed by atoms with E-state index in [9.17, 15) is 4.79 Å². The molecule has 0 saturated carbocycles. The molecule has 5 heteroatoms. The molecule has 1 heterocycles. The zero-order valence-electron chi connectivity index (χ0n) is 19.2. The molecule has 1 aliphatic rings. The Bertz CT molecular complexity index is 789. The Morgan fingerprint density at radius 2 is 1.83 bits per heavy atom. The Kier molecular flexibility index (Phi) is 6.85. The zero-order valence-corrected chi connectivity index (χ0v) is 20.2. The van der Waals surface area contributed by atoms with Crippen LogP contribution >= 0.6 is 0 Å². The first-order chi connectivity index (χ1) is 13.3. The highest BCUT2D eigenvalue weighted by molar-refractivity contribution is 6.74. The number of hydrogen-bond acceptors (Lipinski definition) is 4. The quantitative estimate of drug-likeness (QED) is 0.312. The van der Waals surface area contributed by atoms with Gasteiger partial charge in [-0.25, -0.2) is 4.79 Å². The predicted molar refractivity (Wildman–Crippen MR) is 120 cm³/mol. The molecule has 0 aromatic heterocycles. The van der Waals surface area contributed by atoms with E-state index in [-0.39, 0.29) is 16.9 Å². The topological polar surface area (TPSA) is 44.8 Å². The van der Waals surface area contributed by atoms with Crippen molar-refractivity contribution in [2.75, 3.05) is 13.2 Å². The lowest BCUT2D eigenvalue weighted by Gasteiger charge is -2.39. The van der Waals surface area contributed by atoms with Gasteiger partial charge in [-0.2, -0.15) is 0 Å². The minimum Gasteiger partial charge on any atom is -0.486 e. The third-order valence-corrected chi connectivity index (χ3v) is 10.8. The van der Waals surface area contributed by atoms with Crippen LogP contribution in [0.25, 0.3) is 0 Å². The van der Waals surface area contributed by atoms with Gasteiger partial charge in [0.15, 0.2) is 8.32 Å². The minimum absolute atomic E-state index is 0.105. The van der Waals surface area contributed by atoms with Crippen molar-refractivity contribution in [2.24, 2.45) is 0 Å². The zero-order chi connectivity index (χ0) is 22.0. The monoisotopic (exact) mass is 416 g/mol. The van der Waals surface area contributed by atoms with E-state index in [0.29, 0.717) is 24.5 Å². The molecule has 0 fully saturated rings. The Morgan fingerprint density at radius 1 is 1.24 bits per heavy atom. The number of ether oxygens (including phenoxy) is 2. The largest absolute Gasteiger partial charge is 0.486 e. The van der Waals surface area contributed by atoms with E-state index in [1.165, 1.54) is 0 Å². The highest BCUT2D eigenvalue weighted by Crippen LogP contribution is 2.50. The average Bonchev–Trinajstić information content (AvgIpc) is 2.91. The smallest absolute Gasteiger partial charge is 0.338 e. The van der Waals surface area contributed by atoms with Gasteiger partial charge in [-0.05, 0) is 50.0 Å². The van der Waals surface area contributed by atoms with E-state index >= 15 is 0 Å². The molecule has 0 N–H and O–H groups in total. The molecule has 1 aromatic carbocycles. The molecule has 0 radical (unpaired) electrons. The van der Waals surface area contributed by atoms with Gasteiger partial charge < -0.3 is 13.9 Å². The molecule has 0 saturated heterocycles. The highest BCUT2D eigenvalue weighted by atomic mass is 28.4. The first kappa shape index (κ1) is 23.4. The summed E-state index contributed by atoms with van der Waals surface area (Å²) in [5.74, 6) is -0.0350. The summed E-state index contributed by atoms with van der Waals surface area (Å²) in [4.78, 5) is 12.8. The van der Waals surface area contributed by atoms with E-state index in [4.69, 9.17) is 13.9 Å². The molecule has 0 spiro atoms. The number of carbonyl (C=O) groups excluding carboxylic acids is 1. The molecule has 2 atom stereocenters. The molecule has 2 rings (SSSR count). The maximum Gasteiger partial charge on any atom is 0.338 e. The summed E-state index contributed by atoms with van der Waals surface area (Å²) in [6.45, 7) is 21.8. The predicted octanol–water partition coefficient (Wildman–Crippen LogP) is 5.97. The van der Waals surface area contributed by atoms with E-state index in [0.717, 1.165) is 11.1 Å². The molecule has 29 heavy (non-hydrogen) atoms. The summed E-state index contributed by atoms with van der Waals surface area (Å²) in [6, 6.07) is 9.95. The summed E-state index contributed by atoms with van der Waals surface area (Å²) < 4.78 is 18.1. The van der Waals surface area contributed by atoms with Crippen molar-refractivity contribution >= 4 is 14.3 Å². The van der Waals surface area contributed by atoms with Crippen LogP contribution in [0.3, 0.4) is 0 Å². The fraction of sp³-hybridized carbons (Fsp3) is 0.542. The molecular formula is C24H36O4Si. The average molecular weight is 417 g/mol. The maximum absolute atomic E-state index is 12.8. The minimum atomic E-state index is -1.94. The van der Waals surface area contributed by atoms with Crippen LogP contribution in [-0.4, -0.2) is 33.1 Å². The van der Waals surface area contributed by atoms with Crippen molar-refractivity contribution in [3.05, 3.63) is 59.4 Å². The third-order valence-electron chi connectivity index (χ3n) is 6.33. The number of carbonyl (C=O) groups is 1. The SMILES string of the molecule is C=C(CO[Si](C)(C)C(C)(C)C)[C@]1(C)OC(C)=C(C(=O)OCC)[C@H]1c1ccccc1. The Hall–Kier alpha value is -1.85. The van der Waals surface area contributed by atoms with Crippen molar-refractivity contribution in [1.29, 1.82) is 0 Å². The number of benzene rings is 1. The molecule has 1 aliphatic heterocycles. The van der Waals surface area contributed by atoms with Crippen LogP contribution in [0.4, 0.5) is 0 Å². The lowest BCUT2D eigenvalue weighted by atomic mass is 9.76. The van der Waals surface area contributed by atoms with E-state index in [1.807, 2.05) is 51.1 Å². The number of rotatable bonds is 7. The molecule has 0 amide bonds. The summed E-state index contributed by atoms with van der Waals surface area (Å²) in [5, 5.41) is 0.105. The van der Waals surface area contributed by atoms with E-state index in [2.05, 4.69) is 40.4 Å². The van der Waals surface area contributed by atoms with Crippen molar-refractivity contribution in [1.82, 2.24) is 0 Å². The van der Waals surface area contributed by atoms with Gasteiger partial charge in [0.25, 0.3) is 0 Å². The van der Waals surface area contributed by atoms with Gasteiger partial charge in [-0.1, -0.05) is 57.7 Å². The van der Waals surface area contributed by atoms with Crippen LogP contribution in [0.1, 0.15) is 53.0 Å². The van der Waals surface area contributed by atoms with Crippen LogP contribution in [0.2, 0.25) is 18.1 Å². The third kappa shape index (κ3) is 4.67. The van der Waals surface area contributed by atoms with Gasteiger partial charge in [-0.3, -0.25) is 0 Å². The summed E-state index contributed by atoms with van der Waals surface area (Å²) in [7, 11) is -1.94. The molecule has 0 bridgehead atoms. The van der Waals surface area contributed by atoms with E-state index < -0.39 is 13.9 Å². The maximum atomic E-state index is 12.8. The van der Waals surface area contributed by atoms with Crippen LogP contribution in [0.5, 0.6) is 0 Å². The Balaban J connectivity index is 2.39.